The molecule has 1 aliphatic heterocycles. The van der Waals surface area contributed by atoms with Crippen LogP contribution in [0.3, 0.4) is 0 Å². The largest absolute Gasteiger partial charge is 0.381 e. The lowest BCUT2D eigenvalue weighted by Gasteiger charge is -2.41. The molecule has 0 bridgehead atoms. The quantitative estimate of drug-likeness (QED) is 0.711. The fourth-order valence-electron chi connectivity index (χ4n) is 3.82. The highest BCUT2D eigenvalue weighted by Crippen LogP contribution is 2.37. The minimum Gasteiger partial charge on any atom is -0.381 e. The number of rotatable bonds is 8. The van der Waals surface area contributed by atoms with E-state index in [4.69, 9.17) is 4.74 Å². The van der Waals surface area contributed by atoms with Gasteiger partial charge in [0.25, 0.3) is 0 Å². The van der Waals surface area contributed by atoms with Crippen molar-refractivity contribution in [1.82, 2.24) is 14.7 Å². The van der Waals surface area contributed by atoms with E-state index >= 15 is 0 Å². The fourth-order valence-corrected chi connectivity index (χ4v) is 4.56. The molecule has 0 spiro atoms. The van der Waals surface area contributed by atoms with E-state index < -0.39 is 0 Å². The summed E-state index contributed by atoms with van der Waals surface area (Å²) in [7, 11) is 1.99. The number of thiophene rings is 1. The summed E-state index contributed by atoms with van der Waals surface area (Å²) < 4.78 is 7.79. The average Bonchev–Trinajstić information content (AvgIpc) is 3.21. The molecule has 2 aromatic heterocycles. The van der Waals surface area contributed by atoms with Gasteiger partial charge in [-0.05, 0) is 75.0 Å². The molecule has 3 rings (SSSR count). The molecule has 1 fully saturated rings. The summed E-state index contributed by atoms with van der Waals surface area (Å²) in [5.41, 5.74) is 3.15. The third kappa shape index (κ3) is 5.16. The molecular formula is C20H31N3OS. The topological polar surface area (TPSA) is 30.3 Å². The molecule has 2 aromatic rings. The Morgan fingerprint density at radius 1 is 1.28 bits per heavy atom. The maximum absolute atomic E-state index is 5.90. The van der Waals surface area contributed by atoms with Crippen molar-refractivity contribution in [3.8, 4) is 0 Å². The molecule has 0 amide bonds. The maximum Gasteiger partial charge on any atom is 0.0534 e. The van der Waals surface area contributed by atoms with Gasteiger partial charge < -0.3 is 4.74 Å². The van der Waals surface area contributed by atoms with Crippen LogP contribution in [0.1, 0.15) is 42.2 Å². The SMILES string of the molecule is CCOCC1(CCc2csc(C)c2)CCN(Cc2cnn(C)c2)CC1. The van der Waals surface area contributed by atoms with Crippen molar-refractivity contribution in [2.45, 2.75) is 46.1 Å². The highest BCUT2D eigenvalue weighted by molar-refractivity contribution is 7.10. The molecule has 0 saturated carbocycles. The lowest BCUT2D eigenvalue weighted by atomic mass is 9.75. The Kier molecular flexibility index (Phi) is 6.31. The Bertz CT molecular complexity index is 655. The minimum absolute atomic E-state index is 0.345. The van der Waals surface area contributed by atoms with E-state index in [0.29, 0.717) is 5.41 Å². The van der Waals surface area contributed by atoms with E-state index in [-0.39, 0.29) is 0 Å². The molecule has 0 N–H and O–H groups in total. The highest BCUT2D eigenvalue weighted by atomic mass is 32.1. The van der Waals surface area contributed by atoms with Gasteiger partial charge in [0, 0.05) is 36.8 Å². The van der Waals surface area contributed by atoms with Crippen molar-refractivity contribution < 1.29 is 4.74 Å². The van der Waals surface area contributed by atoms with Crippen LogP contribution in [0.15, 0.2) is 23.8 Å². The second-order valence-electron chi connectivity index (χ2n) is 7.50. The molecule has 0 radical (unpaired) electrons. The van der Waals surface area contributed by atoms with Crippen molar-refractivity contribution >= 4 is 11.3 Å². The molecule has 3 heterocycles. The molecule has 0 aromatic carbocycles. The molecule has 138 valence electrons. The van der Waals surface area contributed by atoms with Gasteiger partial charge in [-0.3, -0.25) is 9.58 Å². The zero-order valence-corrected chi connectivity index (χ0v) is 16.6. The second-order valence-corrected chi connectivity index (χ2v) is 8.62. The molecule has 1 aliphatic rings. The van der Waals surface area contributed by atoms with Crippen LogP contribution in [-0.4, -0.2) is 41.0 Å². The molecule has 0 atom stereocenters. The molecule has 1 saturated heterocycles. The second kappa shape index (κ2) is 8.47. The summed E-state index contributed by atoms with van der Waals surface area (Å²) in [4.78, 5) is 3.98. The highest BCUT2D eigenvalue weighted by Gasteiger charge is 2.34. The smallest absolute Gasteiger partial charge is 0.0534 e. The number of aryl methyl sites for hydroxylation is 3. The molecule has 25 heavy (non-hydrogen) atoms. The molecule has 5 heteroatoms. The van der Waals surface area contributed by atoms with E-state index in [1.165, 1.54) is 41.7 Å². The lowest BCUT2D eigenvalue weighted by Crippen LogP contribution is -2.42. The third-order valence-corrected chi connectivity index (χ3v) is 6.33. The van der Waals surface area contributed by atoms with E-state index in [9.17, 15) is 0 Å². The maximum atomic E-state index is 5.90. The van der Waals surface area contributed by atoms with Crippen LogP contribution in [0.25, 0.3) is 0 Å². The van der Waals surface area contributed by atoms with Gasteiger partial charge in [-0.1, -0.05) is 0 Å². The first kappa shape index (κ1) is 18.6. The molecule has 0 aliphatic carbocycles. The Morgan fingerprint density at radius 2 is 2.08 bits per heavy atom. The number of hydrogen-bond acceptors (Lipinski definition) is 4. The van der Waals surface area contributed by atoms with E-state index in [2.05, 4.69) is 41.5 Å². The first-order valence-corrected chi connectivity index (χ1v) is 10.3. The van der Waals surface area contributed by atoms with Crippen LogP contribution in [0.2, 0.25) is 0 Å². The predicted molar refractivity (Wildman–Crippen MR) is 104 cm³/mol. The van der Waals surface area contributed by atoms with Gasteiger partial charge in [-0.25, -0.2) is 0 Å². The molecule has 0 unspecified atom stereocenters. The van der Waals surface area contributed by atoms with Gasteiger partial charge in [0.15, 0.2) is 0 Å². The number of aromatic nitrogens is 2. The summed E-state index contributed by atoms with van der Waals surface area (Å²) in [6.07, 6.45) is 9.00. The summed E-state index contributed by atoms with van der Waals surface area (Å²) in [5, 5.41) is 6.61. The van der Waals surface area contributed by atoms with Gasteiger partial charge in [0.2, 0.25) is 0 Å². The lowest BCUT2D eigenvalue weighted by molar-refractivity contribution is -0.00231. The van der Waals surface area contributed by atoms with Crippen molar-refractivity contribution in [3.05, 3.63) is 39.8 Å². The van der Waals surface area contributed by atoms with Crippen molar-refractivity contribution in [2.75, 3.05) is 26.3 Å². The Balaban J connectivity index is 1.56. The van der Waals surface area contributed by atoms with Crippen LogP contribution < -0.4 is 0 Å². The van der Waals surface area contributed by atoms with E-state index in [0.717, 1.165) is 32.8 Å². The molecular weight excluding hydrogens is 330 g/mol. The number of likely N-dealkylation sites (tertiary alicyclic amines) is 1. The van der Waals surface area contributed by atoms with Crippen LogP contribution in [-0.2, 0) is 24.8 Å². The Labute approximate surface area is 155 Å². The van der Waals surface area contributed by atoms with Crippen LogP contribution in [0.5, 0.6) is 0 Å². The van der Waals surface area contributed by atoms with E-state index in [1.807, 2.05) is 29.3 Å². The van der Waals surface area contributed by atoms with Crippen LogP contribution in [0, 0.1) is 12.3 Å². The minimum atomic E-state index is 0.345. The first-order valence-electron chi connectivity index (χ1n) is 9.40. The summed E-state index contributed by atoms with van der Waals surface area (Å²) in [6, 6.07) is 2.34. The van der Waals surface area contributed by atoms with Crippen molar-refractivity contribution in [1.29, 1.82) is 0 Å². The standard InChI is InChI=1S/C20H31N3OS/c1-4-24-16-20(6-5-18-11-17(2)25-15-18)7-9-23(10-8-20)14-19-12-21-22(3)13-19/h11-13,15H,4-10,14,16H2,1-3H3. The van der Waals surface area contributed by atoms with Gasteiger partial charge in [-0.2, -0.15) is 5.10 Å². The number of ether oxygens (including phenoxy) is 1. The Morgan fingerprint density at radius 3 is 2.68 bits per heavy atom. The molecule has 4 nitrogen and oxygen atoms in total. The zero-order valence-electron chi connectivity index (χ0n) is 15.8. The van der Waals surface area contributed by atoms with Crippen LogP contribution >= 0.6 is 11.3 Å². The third-order valence-electron chi connectivity index (χ3n) is 5.42. The van der Waals surface area contributed by atoms with Gasteiger partial charge >= 0.3 is 0 Å². The van der Waals surface area contributed by atoms with Gasteiger partial charge in [0.1, 0.15) is 0 Å². The van der Waals surface area contributed by atoms with Gasteiger partial charge in [-0.15, -0.1) is 11.3 Å². The fraction of sp³-hybridized carbons (Fsp3) is 0.650. The number of nitrogens with zero attached hydrogens (tertiary/aromatic N) is 3. The van der Waals surface area contributed by atoms with Gasteiger partial charge in [0.05, 0.1) is 12.8 Å². The van der Waals surface area contributed by atoms with E-state index in [1.54, 1.807) is 0 Å². The summed E-state index contributed by atoms with van der Waals surface area (Å²) in [5.74, 6) is 0. The monoisotopic (exact) mass is 361 g/mol. The first-order chi connectivity index (χ1) is 12.1. The summed E-state index contributed by atoms with van der Waals surface area (Å²) >= 11 is 1.86. The normalized spacial score (nSPS) is 17.9. The average molecular weight is 362 g/mol. The van der Waals surface area contributed by atoms with Crippen molar-refractivity contribution in [2.24, 2.45) is 12.5 Å². The zero-order chi connectivity index (χ0) is 17.7. The van der Waals surface area contributed by atoms with Crippen LogP contribution in [0.4, 0.5) is 0 Å². The number of hydrogen-bond donors (Lipinski definition) is 0. The predicted octanol–water partition coefficient (Wildman–Crippen LogP) is 4.04. The number of piperidine rings is 1. The van der Waals surface area contributed by atoms with Crippen molar-refractivity contribution in [3.63, 3.8) is 0 Å². The summed E-state index contributed by atoms with van der Waals surface area (Å²) in [6.45, 7) is 9.36. The Hall–Kier alpha value is -1.17.